The number of amides is 5. The molecule has 4 heterocycles. The molecule has 5 rings (SSSR count). The van der Waals surface area contributed by atoms with Crippen LogP contribution in [0, 0.1) is 5.41 Å². The summed E-state index contributed by atoms with van der Waals surface area (Å²) in [6, 6.07) is 7.62. The number of anilines is 1. The number of halogens is 1. The minimum Gasteiger partial charge on any atom is -0.371 e. The summed E-state index contributed by atoms with van der Waals surface area (Å²) in [7, 11) is 0. The Balaban J connectivity index is 1.23. The highest BCUT2D eigenvalue weighted by atomic mass is 35.5. The van der Waals surface area contributed by atoms with Crippen LogP contribution in [-0.2, 0) is 9.59 Å². The van der Waals surface area contributed by atoms with E-state index in [4.69, 9.17) is 11.6 Å². The molecular weight excluding hydrogens is 504 g/mol. The lowest BCUT2D eigenvalue weighted by Crippen LogP contribution is -2.54. The van der Waals surface area contributed by atoms with Gasteiger partial charge in [0.05, 0.1) is 20.3 Å². The fourth-order valence-corrected chi connectivity index (χ4v) is 5.91. The highest BCUT2D eigenvalue weighted by molar-refractivity contribution is 7.18. The maximum atomic E-state index is 13.1. The standard InChI is InChI=1S/C25H25ClN4O5S/c1-25(13-27-22(33)18-5-6-19(26)36-18)8-10-29(11-9-25)14-2-3-15-16(12-14)24(35)30(23(15)34)17-4-7-20(31)28-21(17)32/h2-3,5-6,12,17H,4,7-11,13H2,1H3,(H,27,33)(H,28,31,32). The number of nitrogens with one attached hydrogen (secondary N) is 2. The summed E-state index contributed by atoms with van der Waals surface area (Å²) in [6.45, 7) is 4.16. The lowest BCUT2D eigenvalue weighted by Gasteiger charge is -2.40. The maximum Gasteiger partial charge on any atom is 0.262 e. The van der Waals surface area contributed by atoms with Crippen LogP contribution < -0.4 is 15.5 Å². The Morgan fingerprint density at radius 2 is 1.83 bits per heavy atom. The first-order chi connectivity index (χ1) is 17.1. The first kappa shape index (κ1) is 24.5. The molecule has 0 aliphatic carbocycles. The monoisotopic (exact) mass is 528 g/mol. The summed E-state index contributed by atoms with van der Waals surface area (Å²) in [6.07, 6.45) is 1.89. The van der Waals surface area contributed by atoms with Gasteiger partial charge in [-0.3, -0.25) is 34.2 Å². The molecule has 0 spiro atoms. The predicted molar refractivity (Wildman–Crippen MR) is 134 cm³/mol. The van der Waals surface area contributed by atoms with Crippen molar-refractivity contribution in [2.75, 3.05) is 24.5 Å². The summed E-state index contributed by atoms with van der Waals surface area (Å²) in [5.74, 6) is -2.17. The molecule has 0 saturated carbocycles. The van der Waals surface area contributed by atoms with Crippen LogP contribution in [0.1, 0.15) is 63.0 Å². The molecule has 3 aliphatic heterocycles. The first-order valence-corrected chi connectivity index (χ1v) is 13.0. The molecule has 1 aromatic heterocycles. The van der Waals surface area contributed by atoms with Crippen molar-refractivity contribution in [2.24, 2.45) is 5.41 Å². The van der Waals surface area contributed by atoms with Crippen molar-refractivity contribution in [3.63, 3.8) is 0 Å². The van der Waals surface area contributed by atoms with Crippen molar-refractivity contribution >= 4 is 58.2 Å². The summed E-state index contributed by atoms with van der Waals surface area (Å²) in [5.41, 5.74) is 1.31. The third-order valence-corrected chi connectivity index (χ3v) is 8.46. The zero-order valence-electron chi connectivity index (χ0n) is 19.6. The van der Waals surface area contributed by atoms with Gasteiger partial charge in [0.2, 0.25) is 11.8 Å². The van der Waals surface area contributed by atoms with E-state index in [1.54, 1.807) is 24.3 Å². The second kappa shape index (κ2) is 9.33. The minimum absolute atomic E-state index is 0.0711. The van der Waals surface area contributed by atoms with E-state index < -0.39 is 29.7 Å². The number of thiophene rings is 1. The molecule has 2 N–H and O–H groups in total. The van der Waals surface area contributed by atoms with E-state index in [1.807, 2.05) is 6.07 Å². The molecule has 188 valence electrons. The van der Waals surface area contributed by atoms with Crippen molar-refractivity contribution in [1.82, 2.24) is 15.5 Å². The van der Waals surface area contributed by atoms with Gasteiger partial charge in [0.1, 0.15) is 6.04 Å². The summed E-state index contributed by atoms with van der Waals surface area (Å²) < 4.78 is 0.578. The van der Waals surface area contributed by atoms with Gasteiger partial charge in [0, 0.05) is 31.7 Å². The minimum atomic E-state index is -0.977. The second-order valence-electron chi connectivity index (χ2n) is 9.76. The van der Waals surface area contributed by atoms with E-state index in [0.29, 0.717) is 15.8 Å². The zero-order valence-corrected chi connectivity index (χ0v) is 21.2. The Morgan fingerprint density at radius 3 is 2.50 bits per heavy atom. The molecule has 1 unspecified atom stereocenters. The fourth-order valence-electron chi connectivity index (χ4n) is 4.95. The summed E-state index contributed by atoms with van der Waals surface area (Å²) in [5, 5.41) is 5.23. The number of benzene rings is 1. The van der Waals surface area contributed by atoms with Gasteiger partial charge >= 0.3 is 0 Å². The van der Waals surface area contributed by atoms with Crippen LogP contribution in [0.2, 0.25) is 4.34 Å². The molecule has 0 bridgehead atoms. The van der Waals surface area contributed by atoms with Gasteiger partial charge in [0.15, 0.2) is 0 Å². The third-order valence-electron chi connectivity index (χ3n) is 7.23. The first-order valence-electron chi connectivity index (χ1n) is 11.8. The molecule has 1 aromatic carbocycles. The van der Waals surface area contributed by atoms with Crippen LogP contribution in [0.25, 0.3) is 0 Å². The lowest BCUT2D eigenvalue weighted by molar-refractivity contribution is -0.136. The van der Waals surface area contributed by atoms with Gasteiger partial charge in [-0.15, -0.1) is 11.3 Å². The van der Waals surface area contributed by atoms with Crippen LogP contribution in [-0.4, -0.2) is 60.1 Å². The van der Waals surface area contributed by atoms with Crippen molar-refractivity contribution in [3.05, 3.63) is 50.7 Å². The lowest BCUT2D eigenvalue weighted by atomic mass is 9.80. The maximum absolute atomic E-state index is 13.1. The van der Waals surface area contributed by atoms with Crippen LogP contribution >= 0.6 is 22.9 Å². The van der Waals surface area contributed by atoms with Crippen molar-refractivity contribution in [3.8, 4) is 0 Å². The second-order valence-corrected chi connectivity index (χ2v) is 11.5. The Hall–Kier alpha value is -3.24. The van der Waals surface area contributed by atoms with E-state index in [9.17, 15) is 24.0 Å². The topological polar surface area (TPSA) is 116 Å². The van der Waals surface area contributed by atoms with Crippen LogP contribution in [0.5, 0.6) is 0 Å². The van der Waals surface area contributed by atoms with Gasteiger partial charge < -0.3 is 10.2 Å². The Morgan fingerprint density at radius 1 is 1.11 bits per heavy atom. The van der Waals surface area contributed by atoms with Crippen LogP contribution in [0.3, 0.4) is 0 Å². The third kappa shape index (κ3) is 4.51. The van der Waals surface area contributed by atoms with Gasteiger partial charge in [-0.05, 0) is 55.0 Å². The number of hydrogen-bond acceptors (Lipinski definition) is 7. The van der Waals surface area contributed by atoms with Gasteiger partial charge in [0.25, 0.3) is 17.7 Å². The molecule has 2 fully saturated rings. The number of carbonyl (C=O) groups is 5. The number of hydrogen-bond donors (Lipinski definition) is 2. The molecular formula is C25H25ClN4O5S. The fraction of sp³-hybridized carbons (Fsp3) is 0.400. The van der Waals surface area contributed by atoms with Crippen LogP contribution in [0.4, 0.5) is 5.69 Å². The van der Waals surface area contributed by atoms with E-state index in [-0.39, 0.29) is 35.3 Å². The van der Waals surface area contributed by atoms with Crippen molar-refractivity contribution in [1.29, 1.82) is 0 Å². The Labute approximate surface area is 216 Å². The molecule has 1 atom stereocenters. The van der Waals surface area contributed by atoms with Gasteiger partial charge in [-0.1, -0.05) is 18.5 Å². The highest BCUT2D eigenvalue weighted by Crippen LogP contribution is 2.35. The largest absolute Gasteiger partial charge is 0.371 e. The molecule has 2 saturated heterocycles. The zero-order chi connectivity index (χ0) is 25.6. The SMILES string of the molecule is CC1(CNC(=O)c2ccc(Cl)s2)CCN(c2ccc3c(c2)C(=O)N(C2CCC(=O)NC2=O)C3=O)CC1. The molecule has 0 radical (unpaired) electrons. The number of piperidine rings is 2. The average molecular weight is 529 g/mol. The molecule has 36 heavy (non-hydrogen) atoms. The van der Waals surface area contributed by atoms with E-state index in [1.165, 1.54) is 11.3 Å². The number of nitrogens with zero attached hydrogens (tertiary/aromatic N) is 2. The molecule has 11 heteroatoms. The molecule has 2 aromatic rings. The summed E-state index contributed by atoms with van der Waals surface area (Å²) >= 11 is 7.18. The number of rotatable bonds is 5. The van der Waals surface area contributed by atoms with Crippen molar-refractivity contribution < 1.29 is 24.0 Å². The van der Waals surface area contributed by atoms with Gasteiger partial charge in [-0.2, -0.15) is 0 Å². The summed E-state index contributed by atoms with van der Waals surface area (Å²) in [4.78, 5) is 65.9. The highest BCUT2D eigenvalue weighted by Gasteiger charge is 2.45. The van der Waals surface area contributed by atoms with E-state index in [2.05, 4.69) is 22.5 Å². The smallest absolute Gasteiger partial charge is 0.262 e. The Kier molecular flexibility index (Phi) is 6.34. The normalized spacial score (nSPS) is 21.4. The van der Waals surface area contributed by atoms with Gasteiger partial charge in [-0.25, -0.2) is 0 Å². The predicted octanol–water partition coefficient (Wildman–Crippen LogP) is 2.84. The van der Waals surface area contributed by atoms with Crippen LogP contribution in [0.15, 0.2) is 30.3 Å². The van der Waals surface area contributed by atoms with Crippen molar-refractivity contribution in [2.45, 2.75) is 38.6 Å². The number of imide groups is 2. The number of carbonyl (C=O) groups excluding carboxylic acids is 5. The molecule has 3 aliphatic rings. The van der Waals surface area contributed by atoms with E-state index in [0.717, 1.165) is 36.5 Å². The quantitative estimate of drug-likeness (QED) is 0.577. The molecule has 9 nitrogen and oxygen atoms in total. The Bertz CT molecular complexity index is 1280. The van der Waals surface area contributed by atoms with E-state index >= 15 is 0 Å². The average Bonchev–Trinajstić information content (AvgIpc) is 3.39. The molecule has 5 amide bonds. The number of fused-ring (bicyclic) bond motifs is 1.